The van der Waals surface area contributed by atoms with Gasteiger partial charge in [0.15, 0.2) is 0 Å². The Labute approximate surface area is 182 Å². The van der Waals surface area contributed by atoms with E-state index in [0.717, 1.165) is 36.5 Å². The highest BCUT2D eigenvalue weighted by Crippen LogP contribution is 2.25. The lowest BCUT2D eigenvalue weighted by atomic mass is 10.1. The zero-order valence-corrected chi connectivity index (χ0v) is 17.9. The van der Waals surface area contributed by atoms with Crippen molar-refractivity contribution in [3.63, 3.8) is 0 Å². The molecule has 1 heterocycles. The van der Waals surface area contributed by atoms with Crippen molar-refractivity contribution in [1.82, 2.24) is 0 Å². The first-order valence-corrected chi connectivity index (χ1v) is 10.4. The highest BCUT2D eigenvalue weighted by atomic mass is 16.5. The van der Waals surface area contributed by atoms with E-state index in [1.165, 1.54) is 13.2 Å². The van der Waals surface area contributed by atoms with Gasteiger partial charge in [-0.3, -0.25) is 4.79 Å². The summed E-state index contributed by atoms with van der Waals surface area (Å²) in [7, 11) is 1.32. The molecule has 1 saturated heterocycles. The van der Waals surface area contributed by atoms with E-state index in [-0.39, 0.29) is 5.91 Å². The van der Waals surface area contributed by atoms with Gasteiger partial charge in [0.2, 0.25) is 5.91 Å². The van der Waals surface area contributed by atoms with Gasteiger partial charge in [-0.05, 0) is 48.4 Å². The normalized spacial score (nSPS) is 13.8. The van der Waals surface area contributed by atoms with Crippen molar-refractivity contribution in [2.24, 2.45) is 0 Å². The first kappa shape index (κ1) is 22.4. The first-order chi connectivity index (χ1) is 15.1. The van der Waals surface area contributed by atoms with Crippen LogP contribution in [0.15, 0.2) is 48.5 Å². The van der Waals surface area contributed by atoms with Crippen molar-refractivity contribution in [2.45, 2.75) is 13.3 Å². The van der Waals surface area contributed by atoms with Crippen molar-refractivity contribution < 1.29 is 23.8 Å². The quantitative estimate of drug-likeness (QED) is 0.514. The minimum Gasteiger partial charge on any atom is -0.494 e. The van der Waals surface area contributed by atoms with E-state index in [0.29, 0.717) is 31.1 Å². The molecule has 0 atom stereocenters. The molecule has 3 rings (SSSR count). The molecule has 7 nitrogen and oxygen atoms in total. The second-order valence-corrected chi connectivity index (χ2v) is 7.06. The van der Waals surface area contributed by atoms with Crippen molar-refractivity contribution in [3.05, 3.63) is 59.7 Å². The average molecular weight is 424 g/mol. The molecular formula is C24H28N2O5. The van der Waals surface area contributed by atoms with Crippen LogP contribution in [-0.4, -0.2) is 51.9 Å². The molecule has 0 unspecified atom stereocenters. The largest absolute Gasteiger partial charge is 0.494 e. The summed E-state index contributed by atoms with van der Waals surface area (Å²) in [6.07, 6.45) is 4.08. The first-order valence-electron chi connectivity index (χ1n) is 10.4. The second-order valence-electron chi connectivity index (χ2n) is 7.06. The summed E-state index contributed by atoms with van der Waals surface area (Å²) >= 11 is 0. The van der Waals surface area contributed by atoms with Crippen LogP contribution in [0.4, 0.5) is 11.4 Å². The summed E-state index contributed by atoms with van der Waals surface area (Å²) in [5.41, 5.74) is 2.48. The van der Waals surface area contributed by atoms with E-state index >= 15 is 0 Å². The Morgan fingerprint density at radius 3 is 2.55 bits per heavy atom. The van der Waals surface area contributed by atoms with E-state index in [1.54, 1.807) is 18.2 Å². The summed E-state index contributed by atoms with van der Waals surface area (Å²) in [6.45, 7) is 5.50. The number of amides is 1. The smallest absolute Gasteiger partial charge is 0.340 e. The Hall–Kier alpha value is -3.32. The molecule has 0 aliphatic carbocycles. The van der Waals surface area contributed by atoms with E-state index in [1.807, 2.05) is 30.3 Å². The number of morpholine rings is 1. The number of carbonyl (C=O) groups excluding carboxylic acids is 2. The Morgan fingerprint density at radius 2 is 1.87 bits per heavy atom. The lowest BCUT2D eigenvalue weighted by molar-refractivity contribution is -0.111. The Balaban J connectivity index is 1.69. The van der Waals surface area contributed by atoms with Crippen LogP contribution in [0, 0.1) is 0 Å². The van der Waals surface area contributed by atoms with Gasteiger partial charge in [0, 0.05) is 24.9 Å². The molecule has 2 aromatic carbocycles. The number of nitrogens with zero attached hydrogens (tertiary/aromatic N) is 1. The molecule has 0 saturated carbocycles. The number of methoxy groups -OCH3 is 1. The Morgan fingerprint density at radius 1 is 1.13 bits per heavy atom. The molecule has 1 aliphatic heterocycles. The van der Waals surface area contributed by atoms with Crippen LogP contribution >= 0.6 is 0 Å². The summed E-state index contributed by atoms with van der Waals surface area (Å²) in [4.78, 5) is 26.9. The topological polar surface area (TPSA) is 77.1 Å². The number of benzene rings is 2. The molecule has 7 heteroatoms. The Kier molecular flexibility index (Phi) is 8.06. The zero-order chi connectivity index (χ0) is 22.1. The van der Waals surface area contributed by atoms with Gasteiger partial charge in [0.05, 0.1) is 38.2 Å². The highest BCUT2D eigenvalue weighted by molar-refractivity contribution is 6.06. The molecule has 31 heavy (non-hydrogen) atoms. The minimum absolute atomic E-state index is 0.311. The second kappa shape index (κ2) is 11.2. The maximum atomic E-state index is 12.4. The van der Waals surface area contributed by atoms with Gasteiger partial charge in [-0.2, -0.15) is 0 Å². The molecule has 1 N–H and O–H groups in total. The number of carbonyl (C=O) groups is 2. The van der Waals surface area contributed by atoms with Gasteiger partial charge < -0.3 is 24.4 Å². The molecule has 0 bridgehead atoms. The monoisotopic (exact) mass is 424 g/mol. The molecule has 0 radical (unpaired) electrons. The molecule has 0 aromatic heterocycles. The average Bonchev–Trinajstić information content (AvgIpc) is 2.82. The number of hydrogen-bond acceptors (Lipinski definition) is 6. The number of hydrogen-bond donors (Lipinski definition) is 1. The number of nitrogens with one attached hydrogen (secondary N) is 1. The fourth-order valence-electron chi connectivity index (χ4n) is 3.18. The predicted octanol–water partition coefficient (Wildman–Crippen LogP) is 3.75. The summed E-state index contributed by atoms with van der Waals surface area (Å²) < 4.78 is 15.8. The SMILES string of the molecule is CCCOc1ccc(/C=C/C(=O)Nc2ccc(N3CCOCC3)cc2C(=O)OC)cc1. The van der Waals surface area contributed by atoms with Gasteiger partial charge in [-0.15, -0.1) is 0 Å². The van der Waals surface area contributed by atoms with Crippen LogP contribution in [0.2, 0.25) is 0 Å². The van der Waals surface area contributed by atoms with Crippen LogP contribution < -0.4 is 15.0 Å². The minimum atomic E-state index is -0.503. The molecule has 1 aliphatic rings. The molecule has 2 aromatic rings. The van der Waals surface area contributed by atoms with E-state index in [4.69, 9.17) is 14.2 Å². The van der Waals surface area contributed by atoms with E-state index in [2.05, 4.69) is 17.1 Å². The third kappa shape index (κ3) is 6.33. The van der Waals surface area contributed by atoms with Crippen LogP contribution in [0.25, 0.3) is 6.08 Å². The molecular weight excluding hydrogens is 396 g/mol. The maximum Gasteiger partial charge on any atom is 0.340 e. The fraction of sp³-hybridized carbons (Fsp3) is 0.333. The summed E-state index contributed by atoms with van der Waals surface area (Å²) in [6, 6.07) is 12.8. The maximum absolute atomic E-state index is 12.4. The van der Waals surface area contributed by atoms with Crippen LogP contribution in [0.1, 0.15) is 29.3 Å². The van der Waals surface area contributed by atoms with Crippen LogP contribution in [0.5, 0.6) is 5.75 Å². The third-order valence-corrected chi connectivity index (χ3v) is 4.82. The van der Waals surface area contributed by atoms with Crippen molar-refractivity contribution in [2.75, 3.05) is 50.2 Å². The predicted molar refractivity (Wildman–Crippen MR) is 121 cm³/mol. The van der Waals surface area contributed by atoms with E-state index in [9.17, 15) is 9.59 Å². The van der Waals surface area contributed by atoms with Crippen molar-refractivity contribution in [3.8, 4) is 5.75 Å². The van der Waals surface area contributed by atoms with Crippen LogP contribution in [-0.2, 0) is 14.3 Å². The standard InChI is InChI=1S/C24H28N2O5/c1-3-14-31-20-8-4-18(5-9-20)6-11-23(27)25-22-10-7-19(17-21(22)24(28)29-2)26-12-15-30-16-13-26/h4-11,17H,3,12-16H2,1-2H3,(H,25,27)/b11-6+. The Bertz CT molecular complexity index is 918. The van der Waals surface area contributed by atoms with Gasteiger partial charge in [-0.25, -0.2) is 4.79 Å². The van der Waals surface area contributed by atoms with E-state index < -0.39 is 5.97 Å². The van der Waals surface area contributed by atoms with Gasteiger partial charge >= 0.3 is 5.97 Å². The molecule has 1 amide bonds. The van der Waals surface area contributed by atoms with Gasteiger partial charge in [-0.1, -0.05) is 19.1 Å². The number of anilines is 2. The molecule has 0 spiro atoms. The number of ether oxygens (including phenoxy) is 3. The van der Waals surface area contributed by atoms with Crippen molar-refractivity contribution >= 4 is 29.3 Å². The van der Waals surface area contributed by atoms with Gasteiger partial charge in [0.25, 0.3) is 0 Å². The zero-order valence-electron chi connectivity index (χ0n) is 17.9. The lowest BCUT2D eigenvalue weighted by Crippen LogP contribution is -2.36. The third-order valence-electron chi connectivity index (χ3n) is 4.82. The number of esters is 1. The molecule has 164 valence electrons. The summed E-state index contributed by atoms with van der Waals surface area (Å²) in [5, 5.41) is 2.77. The van der Waals surface area contributed by atoms with Gasteiger partial charge in [0.1, 0.15) is 5.75 Å². The lowest BCUT2D eigenvalue weighted by Gasteiger charge is -2.29. The fourth-order valence-corrected chi connectivity index (χ4v) is 3.18. The van der Waals surface area contributed by atoms with Crippen molar-refractivity contribution in [1.29, 1.82) is 0 Å². The number of rotatable bonds is 8. The highest BCUT2D eigenvalue weighted by Gasteiger charge is 2.18. The van der Waals surface area contributed by atoms with Crippen LogP contribution in [0.3, 0.4) is 0 Å². The molecule has 1 fully saturated rings. The summed E-state index contributed by atoms with van der Waals surface area (Å²) in [5.74, 6) is -0.0424.